The molecule has 0 aliphatic carbocycles. The van der Waals surface area contributed by atoms with Crippen LogP contribution in [0.25, 0.3) is 0 Å². The minimum Gasteiger partial charge on any atom is -0.466 e. The third-order valence-electron chi connectivity index (χ3n) is 3.11. The van der Waals surface area contributed by atoms with Crippen LogP contribution in [0.5, 0.6) is 6.01 Å². The highest BCUT2D eigenvalue weighted by Crippen LogP contribution is 2.20. The van der Waals surface area contributed by atoms with Crippen LogP contribution in [0, 0.1) is 5.92 Å². The standard InChI is InChI=1S/C10H17N5O4S/c1-19-10-12-9(13-14-10)11-8(16)7-4-3-5-15(6-7)20(2,17)18/h7H,3-6H2,1-2H3,(H2,11,12,13,14,16). The number of hydrogen-bond donors (Lipinski definition) is 2. The number of carbonyl (C=O) groups is 1. The SMILES string of the molecule is COc1n[nH]c(NC(=O)C2CCCN(S(C)(=O)=O)C2)n1. The lowest BCUT2D eigenvalue weighted by Gasteiger charge is -2.29. The van der Waals surface area contributed by atoms with Gasteiger partial charge in [-0.1, -0.05) is 0 Å². The van der Waals surface area contributed by atoms with Gasteiger partial charge in [-0.25, -0.2) is 17.8 Å². The zero-order valence-electron chi connectivity index (χ0n) is 11.3. The Kier molecular flexibility index (Phi) is 4.23. The molecule has 112 valence electrons. The molecule has 1 unspecified atom stereocenters. The van der Waals surface area contributed by atoms with Crippen molar-refractivity contribution in [2.24, 2.45) is 5.92 Å². The number of nitrogens with zero attached hydrogens (tertiary/aromatic N) is 3. The molecule has 20 heavy (non-hydrogen) atoms. The molecule has 2 N–H and O–H groups in total. The number of hydrogen-bond acceptors (Lipinski definition) is 6. The van der Waals surface area contributed by atoms with Gasteiger partial charge in [0, 0.05) is 13.1 Å². The van der Waals surface area contributed by atoms with E-state index in [1.807, 2.05) is 0 Å². The number of anilines is 1. The highest BCUT2D eigenvalue weighted by atomic mass is 32.2. The molecule has 1 aliphatic rings. The first-order valence-corrected chi connectivity index (χ1v) is 7.97. The van der Waals surface area contributed by atoms with Gasteiger partial charge in [0.25, 0.3) is 0 Å². The molecule has 10 heteroatoms. The quantitative estimate of drug-likeness (QED) is 0.768. The lowest BCUT2D eigenvalue weighted by Crippen LogP contribution is -2.43. The van der Waals surface area contributed by atoms with E-state index in [1.165, 1.54) is 11.4 Å². The van der Waals surface area contributed by atoms with E-state index in [1.54, 1.807) is 0 Å². The minimum atomic E-state index is -3.27. The molecular weight excluding hydrogens is 286 g/mol. The first-order chi connectivity index (χ1) is 9.40. The first-order valence-electron chi connectivity index (χ1n) is 6.12. The third kappa shape index (κ3) is 3.45. The van der Waals surface area contributed by atoms with Crippen molar-refractivity contribution in [1.29, 1.82) is 0 Å². The van der Waals surface area contributed by atoms with Crippen LogP contribution in [-0.2, 0) is 14.8 Å². The van der Waals surface area contributed by atoms with Gasteiger partial charge >= 0.3 is 6.01 Å². The molecule has 1 saturated heterocycles. The molecule has 2 rings (SSSR count). The maximum absolute atomic E-state index is 12.1. The fraction of sp³-hybridized carbons (Fsp3) is 0.700. The van der Waals surface area contributed by atoms with E-state index in [2.05, 4.69) is 20.5 Å². The van der Waals surface area contributed by atoms with E-state index in [0.717, 1.165) is 6.26 Å². The highest BCUT2D eigenvalue weighted by Gasteiger charge is 2.30. The predicted molar refractivity (Wildman–Crippen MR) is 70.7 cm³/mol. The summed E-state index contributed by atoms with van der Waals surface area (Å²) >= 11 is 0. The molecule has 0 saturated carbocycles. The molecule has 1 amide bonds. The molecular formula is C10H17N5O4S. The van der Waals surface area contributed by atoms with Gasteiger partial charge in [-0.05, 0) is 12.8 Å². The number of H-pyrrole nitrogens is 1. The molecule has 1 aliphatic heterocycles. The number of amides is 1. The van der Waals surface area contributed by atoms with Crippen molar-refractivity contribution in [2.75, 3.05) is 31.8 Å². The zero-order chi connectivity index (χ0) is 14.8. The van der Waals surface area contributed by atoms with Crippen LogP contribution in [0.15, 0.2) is 0 Å². The van der Waals surface area contributed by atoms with Crippen LogP contribution in [0.1, 0.15) is 12.8 Å². The minimum absolute atomic E-state index is 0.127. The van der Waals surface area contributed by atoms with Gasteiger partial charge < -0.3 is 4.74 Å². The molecule has 0 spiro atoms. The smallest absolute Gasteiger partial charge is 0.336 e. The van der Waals surface area contributed by atoms with E-state index >= 15 is 0 Å². The van der Waals surface area contributed by atoms with E-state index < -0.39 is 15.9 Å². The van der Waals surface area contributed by atoms with Gasteiger partial charge in [0.15, 0.2) is 0 Å². The van der Waals surface area contributed by atoms with Crippen LogP contribution < -0.4 is 10.1 Å². The van der Waals surface area contributed by atoms with Crippen molar-refractivity contribution >= 4 is 21.9 Å². The fourth-order valence-corrected chi connectivity index (χ4v) is 2.98. The second kappa shape index (κ2) is 5.75. The Morgan fingerprint density at radius 1 is 1.55 bits per heavy atom. The summed E-state index contributed by atoms with van der Waals surface area (Å²) in [6, 6.07) is 0.127. The molecule has 1 aromatic heterocycles. The summed E-state index contributed by atoms with van der Waals surface area (Å²) in [4.78, 5) is 16.0. The summed E-state index contributed by atoms with van der Waals surface area (Å²) < 4.78 is 29.1. The molecule has 0 bridgehead atoms. The number of methoxy groups -OCH3 is 1. The average molecular weight is 303 g/mol. The summed E-state index contributed by atoms with van der Waals surface area (Å²) in [5.41, 5.74) is 0. The van der Waals surface area contributed by atoms with Crippen LogP contribution in [0.4, 0.5) is 5.95 Å². The summed E-state index contributed by atoms with van der Waals surface area (Å²) in [7, 11) is -1.85. The van der Waals surface area contributed by atoms with Gasteiger partial charge in [0.2, 0.25) is 21.9 Å². The number of nitrogens with one attached hydrogen (secondary N) is 2. The van der Waals surface area contributed by atoms with Crippen molar-refractivity contribution in [1.82, 2.24) is 19.5 Å². The highest BCUT2D eigenvalue weighted by molar-refractivity contribution is 7.88. The first kappa shape index (κ1) is 14.7. The Balaban J connectivity index is 1.98. The largest absolute Gasteiger partial charge is 0.466 e. The number of piperidine rings is 1. The number of aromatic nitrogens is 3. The number of aromatic amines is 1. The Morgan fingerprint density at radius 2 is 2.30 bits per heavy atom. The molecule has 0 aromatic carbocycles. The molecule has 1 fully saturated rings. The van der Waals surface area contributed by atoms with Gasteiger partial charge in [-0.2, -0.15) is 4.98 Å². The average Bonchev–Trinajstić information content (AvgIpc) is 2.85. The topological polar surface area (TPSA) is 117 Å². The molecule has 2 heterocycles. The Hall–Kier alpha value is -1.68. The maximum atomic E-state index is 12.1. The van der Waals surface area contributed by atoms with Crippen molar-refractivity contribution in [3.05, 3.63) is 0 Å². The Bertz CT molecular complexity index is 584. The van der Waals surface area contributed by atoms with Gasteiger partial charge in [-0.3, -0.25) is 10.1 Å². The van der Waals surface area contributed by atoms with E-state index in [-0.39, 0.29) is 24.4 Å². The number of sulfonamides is 1. The third-order valence-corrected chi connectivity index (χ3v) is 4.38. The molecule has 9 nitrogen and oxygen atoms in total. The summed E-state index contributed by atoms with van der Waals surface area (Å²) in [6.07, 6.45) is 2.45. The van der Waals surface area contributed by atoms with Crippen LogP contribution in [-0.4, -0.2) is 60.3 Å². The van der Waals surface area contributed by atoms with E-state index in [9.17, 15) is 13.2 Å². The number of ether oxygens (including phenoxy) is 1. The second-order valence-electron chi connectivity index (χ2n) is 4.62. The van der Waals surface area contributed by atoms with Crippen LogP contribution in [0.3, 0.4) is 0 Å². The van der Waals surface area contributed by atoms with Crippen molar-refractivity contribution in [3.8, 4) is 6.01 Å². The maximum Gasteiger partial charge on any atom is 0.336 e. The van der Waals surface area contributed by atoms with Gasteiger partial charge in [-0.15, -0.1) is 5.10 Å². The van der Waals surface area contributed by atoms with E-state index in [0.29, 0.717) is 19.4 Å². The van der Waals surface area contributed by atoms with Crippen molar-refractivity contribution in [2.45, 2.75) is 12.8 Å². The normalized spacial score (nSPS) is 20.6. The van der Waals surface area contributed by atoms with Crippen molar-refractivity contribution < 1.29 is 17.9 Å². The zero-order valence-corrected chi connectivity index (χ0v) is 12.1. The second-order valence-corrected chi connectivity index (χ2v) is 6.60. The van der Waals surface area contributed by atoms with Gasteiger partial charge in [0.1, 0.15) is 0 Å². The van der Waals surface area contributed by atoms with Gasteiger partial charge in [0.05, 0.1) is 19.3 Å². The summed E-state index contributed by atoms with van der Waals surface area (Å²) in [6.45, 7) is 0.648. The van der Waals surface area contributed by atoms with Crippen LogP contribution >= 0.6 is 0 Å². The van der Waals surface area contributed by atoms with E-state index in [4.69, 9.17) is 4.74 Å². The lowest BCUT2D eigenvalue weighted by molar-refractivity contribution is -0.120. The Morgan fingerprint density at radius 3 is 2.90 bits per heavy atom. The molecule has 1 aromatic rings. The molecule has 1 atom stereocenters. The monoisotopic (exact) mass is 303 g/mol. The lowest BCUT2D eigenvalue weighted by atomic mass is 9.99. The fourth-order valence-electron chi connectivity index (χ4n) is 2.07. The molecule has 0 radical (unpaired) electrons. The number of rotatable bonds is 4. The summed E-state index contributed by atoms with van der Waals surface area (Å²) in [5, 5.41) is 8.79. The van der Waals surface area contributed by atoms with Crippen LogP contribution in [0.2, 0.25) is 0 Å². The van der Waals surface area contributed by atoms with Crippen molar-refractivity contribution in [3.63, 3.8) is 0 Å². The summed E-state index contributed by atoms with van der Waals surface area (Å²) in [5.74, 6) is -0.491. The Labute approximate surface area is 116 Å². The predicted octanol–water partition coefficient (Wildman–Crippen LogP) is -0.577. The number of carbonyl (C=O) groups excluding carboxylic acids is 1.